The number of nitro groups is 1. The highest BCUT2D eigenvalue weighted by Gasteiger charge is 2.24. The van der Waals surface area contributed by atoms with Gasteiger partial charge in [0.1, 0.15) is 11.4 Å². The minimum Gasteiger partial charge on any atom is -0.374 e. The summed E-state index contributed by atoms with van der Waals surface area (Å²) in [6.07, 6.45) is 0.0290. The molecule has 0 spiro atoms. The average molecular weight is 240 g/mol. The molecule has 7 heteroatoms. The Kier molecular flexibility index (Phi) is 3.39. The van der Waals surface area contributed by atoms with Gasteiger partial charge in [0.2, 0.25) is 0 Å². The number of aryl methyl sites for hydroxylation is 1. The SMILES string of the molecule is Cc1nn(CC2CNCCO2)c(C)c1[N+](=O)[O-]. The molecule has 0 aliphatic carbocycles. The van der Waals surface area contributed by atoms with Crippen LogP contribution in [0.15, 0.2) is 0 Å². The number of hydrogen-bond donors (Lipinski definition) is 1. The fourth-order valence-corrected chi connectivity index (χ4v) is 2.06. The molecule has 1 fully saturated rings. The first-order chi connectivity index (χ1) is 8.09. The van der Waals surface area contributed by atoms with E-state index in [4.69, 9.17) is 4.74 Å². The van der Waals surface area contributed by atoms with Gasteiger partial charge in [0.15, 0.2) is 0 Å². The number of nitrogens with zero attached hydrogens (tertiary/aromatic N) is 3. The van der Waals surface area contributed by atoms with Crippen molar-refractivity contribution in [1.82, 2.24) is 15.1 Å². The third kappa shape index (κ3) is 2.45. The summed E-state index contributed by atoms with van der Waals surface area (Å²) in [5, 5.41) is 18.3. The normalized spacial score (nSPS) is 20.5. The van der Waals surface area contributed by atoms with Crippen molar-refractivity contribution in [2.24, 2.45) is 0 Å². The Morgan fingerprint density at radius 2 is 2.41 bits per heavy atom. The van der Waals surface area contributed by atoms with Crippen LogP contribution in [-0.4, -0.2) is 40.5 Å². The van der Waals surface area contributed by atoms with E-state index in [0.717, 1.165) is 13.1 Å². The highest BCUT2D eigenvalue weighted by molar-refractivity contribution is 5.39. The average Bonchev–Trinajstić information content (AvgIpc) is 2.55. The molecule has 94 valence electrons. The van der Waals surface area contributed by atoms with Gasteiger partial charge in [-0.3, -0.25) is 14.8 Å². The number of rotatable bonds is 3. The van der Waals surface area contributed by atoms with Crippen LogP contribution in [0.1, 0.15) is 11.4 Å². The van der Waals surface area contributed by atoms with Crippen LogP contribution in [0.5, 0.6) is 0 Å². The highest BCUT2D eigenvalue weighted by Crippen LogP contribution is 2.22. The minimum atomic E-state index is -0.381. The Morgan fingerprint density at radius 3 is 2.94 bits per heavy atom. The largest absolute Gasteiger partial charge is 0.374 e. The molecule has 1 saturated heterocycles. The van der Waals surface area contributed by atoms with Crippen LogP contribution in [-0.2, 0) is 11.3 Å². The van der Waals surface area contributed by atoms with Crippen LogP contribution in [0.4, 0.5) is 5.69 Å². The van der Waals surface area contributed by atoms with E-state index < -0.39 is 0 Å². The molecule has 1 aliphatic rings. The van der Waals surface area contributed by atoms with E-state index in [2.05, 4.69) is 10.4 Å². The van der Waals surface area contributed by atoms with Crippen molar-refractivity contribution in [2.75, 3.05) is 19.7 Å². The lowest BCUT2D eigenvalue weighted by Gasteiger charge is -2.23. The minimum absolute atomic E-state index is 0.0290. The third-order valence-corrected chi connectivity index (χ3v) is 2.91. The molecule has 7 nitrogen and oxygen atoms in total. The molecule has 0 aromatic carbocycles. The van der Waals surface area contributed by atoms with E-state index in [1.807, 2.05) is 0 Å². The number of aromatic nitrogens is 2. The summed E-state index contributed by atoms with van der Waals surface area (Å²) in [6.45, 7) is 6.20. The second kappa shape index (κ2) is 4.80. The van der Waals surface area contributed by atoms with Gasteiger partial charge in [-0.1, -0.05) is 0 Å². The van der Waals surface area contributed by atoms with Crippen LogP contribution in [0, 0.1) is 24.0 Å². The smallest absolute Gasteiger partial charge is 0.312 e. The van der Waals surface area contributed by atoms with Crippen LogP contribution < -0.4 is 5.32 Å². The van der Waals surface area contributed by atoms with Crippen molar-refractivity contribution in [3.63, 3.8) is 0 Å². The summed E-state index contributed by atoms with van der Waals surface area (Å²) in [6, 6.07) is 0. The summed E-state index contributed by atoms with van der Waals surface area (Å²) in [7, 11) is 0. The van der Waals surface area contributed by atoms with Crippen LogP contribution in [0.25, 0.3) is 0 Å². The zero-order chi connectivity index (χ0) is 12.4. The van der Waals surface area contributed by atoms with Crippen LogP contribution in [0.2, 0.25) is 0 Å². The molecule has 1 aliphatic heterocycles. The number of hydrogen-bond acceptors (Lipinski definition) is 5. The van der Waals surface area contributed by atoms with Crippen molar-refractivity contribution < 1.29 is 9.66 Å². The van der Waals surface area contributed by atoms with E-state index >= 15 is 0 Å². The lowest BCUT2D eigenvalue weighted by molar-refractivity contribution is -0.386. The van der Waals surface area contributed by atoms with Gasteiger partial charge < -0.3 is 10.1 Å². The fourth-order valence-electron chi connectivity index (χ4n) is 2.06. The summed E-state index contributed by atoms with van der Waals surface area (Å²) in [5.74, 6) is 0. The van der Waals surface area contributed by atoms with Gasteiger partial charge in [-0.15, -0.1) is 0 Å². The van der Waals surface area contributed by atoms with Gasteiger partial charge in [0, 0.05) is 13.1 Å². The summed E-state index contributed by atoms with van der Waals surface area (Å²) < 4.78 is 7.21. The van der Waals surface area contributed by atoms with Crippen LogP contribution in [0.3, 0.4) is 0 Å². The van der Waals surface area contributed by atoms with Gasteiger partial charge in [0.05, 0.1) is 24.2 Å². The molecule has 0 bridgehead atoms. The molecule has 17 heavy (non-hydrogen) atoms. The highest BCUT2D eigenvalue weighted by atomic mass is 16.6. The van der Waals surface area contributed by atoms with Gasteiger partial charge in [-0.2, -0.15) is 5.10 Å². The lowest BCUT2D eigenvalue weighted by Crippen LogP contribution is -2.41. The van der Waals surface area contributed by atoms with E-state index in [-0.39, 0.29) is 16.7 Å². The van der Waals surface area contributed by atoms with E-state index in [0.29, 0.717) is 24.5 Å². The lowest BCUT2D eigenvalue weighted by atomic mass is 10.3. The molecule has 1 aromatic rings. The zero-order valence-electron chi connectivity index (χ0n) is 9.97. The van der Waals surface area contributed by atoms with E-state index in [9.17, 15) is 10.1 Å². The standard InChI is InChI=1S/C10H16N4O3/c1-7-10(14(15)16)8(2)13(12-7)6-9-5-11-3-4-17-9/h9,11H,3-6H2,1-2H3. The predicted octanol–water partition coefficient (Wildman–Crippen LogP) is 0.397. The van der Waals surface area contributed by atoms with Crippen molar-refractivity contribution in [2.45, 2.75) is 26.5 Å². The maximum Gasteiger partial charge on any atom is 0.312 e. The molecule has 2 rings (SSSR count). The van der Waals surface area contributed by atoms with Crippen LogP contribution >= 0.6 is 0 Å². The summed E-state index contributed by atoms with van der Waals surface area (Å²) in [4.78, 5) is 10.5. The van der Waals surface area contributed by atoms with Gasteiger partial charge in [-0.05, 0) is 13.8 Å². The van der Waals surface area contributed by atoms with E-state index in [1.165, 1.54) is 0 Å². The molecule has 0 amide bonds. The molecule has 2 heterocycles. The molecule has 1 N–H and O–H groups in total. The van der Waals surface area contributed by atoms with Gasteiger partial charge in [0.25, 0.3) is 0 Å². The quantitative estimate of drug-likeness (QED) is 0.610. The second-order valence-corrected chi connectivity index (χ2v) is 4.16. The number of ether oxygens (including phenoxy) is 1. The third-order valence-electron chi connectivity index (χ3n) is 2.91. The summed E-state index contributed by atoms with van der Waals surface area (Å²) >= 11 is 0. The first-order valence-corrected chi connectivity index (χ1v) is 5.60. The zero-order valence-corrected chi connectivity index (χ0v) is 9.97. The summed E-state index contributed by atoms with van der Waals surface area (Å²) in [5.41, 5.74) is 1.15. The van der Waals surface area contributed by atoms with Crippen molar-refractivity contribution in [3.8, 4) is 0 Å². The maximum absolute atomic E-state index is 10.9. The topological polar surface area (TPSA) is 82.2 Å². The van der Waals surface area contributed by atoms with Crippen molar-refractivity contribution in [3.05, 3.63) is 21.5 Å². The van der Waals surface area contributed by atoms with Gasteiger partial charge in [-0.25, -0.2) is 0 Å². The molecule has 1 unspecified atom stereocenters. The Bertz CT molecular complexity index is 423. The predicted molar refractivity (Wildman–Crippen MR) is 61.0 cm³/mol. The molecular formula is C10H16N4O3. The Balaban J connectivity index is 2.15. The number of nitrogens with one attached hydrogen (secondary N) is 1. The first kappa shape index (κ1) is 12.0. The molecule has 1 atom stereocenters. The van der Waals surface area contributed by atoms with Crippen molar-refractivity contribution >= 4 is 5.69 Å². The Morgan fingerprint density at radius 1 is 1.65 bits per heavy atom. The van der Waals surface area contributed by atoms with Gasteiger partial charge >= 0.3 is 5.69 Å². The first-order valence-electron chi connectivity index (χ1n) is 5.60. The molecule has 1 aromatic heterocycles. The second-order valence-electron chi connectivity index (χ2n) is 4.16. The van der Waals surface area contributed by atoms with Crippen molar-refractivity contribution in [1.29, 1.82) is 0 Å². The monoisotopic (exact) mass is 240 g/mol. The Labute approximate surface area is 98.9 Å². The molecule has 0 saturated carbocycles. The van der Waals surface area contributed by atoms with E-state index in [1.54, 1.807) is 18.5 Å². The maximum atomic E-state index is 10.9. The molecule has 0 radical (unpaired) electrons. The molecular weight excluding hydrogens is 224 g/mol. The Hall–Kier alpha value is -1.47. The number of morpholine rings is 1. The fraction of sp³-hybridized carbons (Fsp3) is 0.700.